The number of phenols is 2. The van der Waals surface area contributed by atoms with Gasteiger partial charge in [-0.15, -0.1) is 0 Å². The van der Waals surface area contributed by atoms with Gasteiger partial charge in [-0.05, 0) is 55.7 Å². The number of aromatic hydroxyl groups is 2. The molecule has 1 aliphatic rings. The van der Waals surface area contributed by atoms with E-state index in [9.17, 15) is 15.0 Å². The van der Waals surface area contributed by atoms with Gasteiger partial charge in [0.2, 0.25) is 0 Å². The van der Waals surface area contributed by atoms with Crippen molar-refractivity contribution in [2.45, 2.75) is 45.1 Å². The summed E-state index contributed by atoms with van der Waals surface area (Å²) >= 11 is 0. The third kappa shape index (κ3) is 4.04. The molecule has 136 valence electrons. The molecule has 1 saturated carbocycles. The molecule has 0 atom stereocenters. The smallest absolute Gasteiger partial charge is 0.255 e. The molecule has 1 aromatic heterocycles. The van der Waals surface area contributed by atoms with Gasteiger partial charge in [-0.25, -0.2) is 4.98 Å². The molecule has 2 aromatic rings. The maximum atomic E-state index is 13.2. The lowest BCUT2D eigenvalue weighted by Gasteiger charge is -2.33. The van der Waals surface area contributed by atoms with Crippen molar-refractivity contribution in [2.24, 2.45) is 0 Å². The number of amides is 1. The van der Waals surface area contributed by atoms with E-state index in [2.05, 4.69) is 4.98 Å². The van der Waals surface area contributed by atoms with Crippen LogP contribution in [-0.4, -0.2) is 27.1 Å². The summed E-state index contributed by atoms with van der Waals surface area (Å²) in [6.07, 6.45) is 8.84. The molecule has 1 aromatic carbocycles. The molecule has 1 heterocycles. The van der Waals surface area contributed by atoms with Crippen molar-refractivity contribution in [1.82, 2.24) is 4.98 Å². The standard InChI is InChI=1S/C21H24N2O3/c1-15(13-16-10-11-18(24)19(25)14-16)21(26)23(17-7-3-2-4-8-17)20-9-5-6-12-22-20/h5-6,9-14,17,24-25H,2-4,7-8H2,1H3/b15-13+. The van der Waals surface area contributed by atoms with Crippen LogP contribution in [0.4, 0.5) is 5.82 Å². The van der Waals surface area contributed by atoms with Crippen LogP contribution >= 0.6 is 0 Å². The van der Waals surface area contributed by atoms with Crippen LogP contribution in [-0.2, 0) is 4.79 Å². The summed E-state index contributed by atoms with van der Waals surface area (Å²) in [6, 6.07) is 10.3. The molecular formula is C21H24N2O3. The van der Waals surface area contributed by atoms with E-state index in [0.717, 1.165) is 25.7 Å². The summed E-state index contributed by atoms with van der Waals surface area (Å²) < 4.78 is 0. The largest absolute Gasteiger partial charge is 0.504 e. The molecule has 1 aliphatic carbocycles. The monoisotopic (exact) mass is 352 g/mol. The van der Waals surface area contributed by atoms with E-state index in [1.54, 1.807) is 25.3 Å². The zero-order valence-corrected chi connectivity index (χ0v) is 14.9. The second kappa shape index (κ2) is 8.04. The normalized spacial score (nSPS) is 15.7. The maximum Gasteiger partial charge on any atom is 0.255 e. The highest BCUT2D eigenvalue weighted by Gasteiger charge is 2.28. The average Bonchev–Trinajstić information content (AvgIpc) is 2.66. The summed E-state index contributed by atoms with van der Waals surface area (Å²) in [6.45, 7) is 1.77. The van der Waals surface area contributed by atoms with Crippen molar-refractivity contribution >= 4 is 17.8 Å². The van der Waals surface area contributed by atoms with Crippen LogP contribution in [0.3, 0.4) is 0 Å². The molecule has 0 radical (unpaired) electrons. The molecule has 1 fully saturated rings. The zero-order valence-electron chi connectivity index (χ0n) is 14.9. The second-order valence-electron chi connectivity index (χ2n) is 6.73. The fourth-order valence-corrected chi connectivity index (χ4v) is 3.42. The van der Waals surface area contributed by atoms with Crippen molar-refractivity contribution in [1.29, 1.82) is 0 Å². The van der Waals surface area contributed by atoms with Gasteiger partial charge < -0.3 is 10.2 Å². The highest BCUT2D eigenvalue weighted by atomic mass is 16.3. The first kappa shape index (κ1) is 18.0. The van der Waals surface area contributed by atoms with Gasteiger partial charge >= 0.3 is 0 Å². The summed E-state index contributed by atoms with van der Waals surface area (Å²) in [5, 5.41) is 19.1. The lowest BCUT2D eigenvalue weighted by atomic mass is 9.93. The molecule has 1 amide bonds. The Bertz CT molecular complexity index is 796. The van der Waals surface area contributed by atoms with Crippen LogP contribution in [0.5, 0.6) is 11.5 Å². The van der Waals surface area contributed by atoms with Crippen molar-refractivity contribution in [3.8, 4) is 11.5 Å². The highest BCUT2D eigenvalue weighted by molar-refractivity contribution is 6.07. The molecule has 3 rings (SSSR count). The summed E-state index contributed by atoms with van der Waals surface area (Å²) in [5.41, 5.74) is 1.22. The topological polar surface area (TPSA) is 73.7 Å². The minimum Gasteiger partial charge on any atom is -0.504 e. The van der Waals surface area contributed by atoms with Gasteiger partial charge in [-0.3, -0.25) is 9.69 Å². The molecule has 5 heteroatoms. The molecular weight excluding hydrogens is 328 g/mol. The van der Waals surface area contributed by atoms with Gasteiger partial charge in [0.05, 0.1) is 0 Å². The Kier molecular flexibility index (Phi) is 5.56. The van der Waals surface area contributed by atoms with Gasteiger partial charge in [0.15, 0.2) is 11.5 Å². The predicted octanol–water partition coefficient (Wildman–Crippen LogP) is 4.26. The average molecular weight is 352 g/mol. The van der Waals surface area contributed by atoms with Gasteiger partial charge in [0.25, 0.3) is 5.91 Å². The van der Waals surface area contributed by atoms with Crippen LogP contribution < -0.4 is 4.90 Å². The van der Waals surface area contributed by atoms with E-state index < -0.39 is 0 Å². The van der Waals surface area contributed by atoms with Crippen LogP contribution in [0.2, 0.25) is 0 Å². The summed E-state index contributed by atoms with van der Waals surface area (Å²) in [7, 11) is 0. The van der Waals surface area contributed by atoms with Crippen LogP contribution in [0.25, 0.3) is 6.08 Å². The Morgan fingerprint density at radius 1 is 1.12 bits per heavy atom. The number of benzene rings is 1. The summed E-state index contributed by atoms with van der Waals surface area (Å²) in [5.74, 6) is 0.213. The van der Waals surface area contributed by atoms with E-state index in [0.29, 0.717) is 17.0 Å². The number of hydrogen-bond acceptors (Lipinski definition) is 4. The van der Waals surface area contributed by atoms with Crippen LogP contribution in [0, 0.1) is 0 Å². The van der Waals surface area contributed by atoms with Crippen molar-refractivity contribution in [3.63, 3.8) is 0 Å². The molecule has 2 N–H and O–H groups in total. The summed E-state index contributed by atoms with van der Waals surface area (Å²) in [4.78, 5) is 19.4. The quantitative estimate of drug-likeness (QED) is 0.637. The number of nitrogens with zero attached hydrogens (tertiary/aromatic N) is 2. The molecule has 0 spiro atoms. The van der Waals surface area contributed by atoms with E-state index in [4.69, 9.17) is 0 Å². The lowest BCUT2D eigenvalue weighted by Crippen LogP contribution is -2.42. The number of phenolic OH excluding ortho intramolecular Hbond substituents is 2. The number of pyridine rings is 1. The van der Waals surface area contributed by atoms with Crippen molar-refractivity contribution < 1.29 is 15.0 Å². The number of anilines is 1. The third-order valence-electron chi connectivity index (χ3n) is 4.77. The Morgan fingerprint density at radius 3 is 2.54 bits per heavy atom. The minimum absolute atomic E-state index is 0.0804. The Morgan fingerprint density at radius 2 is 1.88 bits per heavy atom. The lowest BCUT2D eigenvalue weighted by molar-refractivity contribution is -0.115. The predicted molar refractivity (Wildman–Crippen MR) is 102 cm³/mol. The minimum atomic E-state index is -0.201. The molecule has 0 saturated heterocycles. The van der Waals surface area contributed by atoms with Crippen LogP contribution in [0.1, 0.15) is 44.6 Å². The third-order valence-corrected chi connectivity index (χ3v) is 4.77. The Hall–Kier alpha value is -2.82. The number of aromatic nitrogens is 1. The highest BCUT2D eigenvalue weighted by Crippen LogP contribution is 2.29. The first-order valence-electron chi connectivity index (χ1n) is 9.01. The van der Waals surface area contributed by atoms with Crippen molar-refractivity contribution in [3.05, 3.63) is 53.7 Å². The van der Waals surface area contributed by atoms with Gasteiger partial charge in [0, 0.05) is 17.8 Å². The molecule has 5 nitrogen and oxygen atoms in total. The van der Waals surface area contributed by atoms with Crippen molar-refractivity contribution in [2.75, 3.05) is 4.90 Å². The van der Waals surface area contributed by atoms with Crippen LogP contribution in [0.15, 0.2) is 48.2 Å². The van der Waals surface area contributed by atoms with Gasteiger partial charge in [-0.1, -0.05) is 31.4 Å². The van der Waals surface area contributed by atoms with E-state index in [1.165, 1.54) is 18.6 Å². The number of carbonyl (C=O) groups is 1. The van der Waals surface area contributed by atoms with E-state index >= 15 is 0 Å². The fourth-order valence-electron chi connectivity index (χ4n) is 3.42. The molecule has 26 heavy (non-hydrogen) atoms. The number of rotatable bonds is 4. The molecule has 0 unspecified atom stereocenters. The SMILES string of the molecule is C/C(=C\c1ccc(O)c(O)c1)C(=O)N(c1ccccn1)C1CCCCC1. The fraction of sp³-hybridized carbons (Fsp3) is 0.333. The first-order valence-corrected chi connectivity index (χ1v) is 9.01. The van der Waals surface area contributed by atoms with Gasteiger partial charge in [-0.2, -0.15) is 0 Å². The number of carbonyl (C=O) groups excluding carboxylic acids is 1. The Labute approximate surface area is 153 Å². The zero-order chi connectivity index (χ0) is 18.5. The van der Waals surface area contributed by atoms with E-state index in [-0.39, 0.29) is 23.4 Å². The maximum absolute atomic E-state index is 13.2. The molecule has 0 aliphatic heterocycles. The number of hydrogen-bond donors (Lipinski definition) is 2. The first-order chi connectivity index (χ1) is 12.6. The second-order valence-corrected chi connectivity index (χ2v) is 6.73. The van der Waals surface area contributed by atoms with E-state index in [1.807, 2.05) is 23.1 Å². The molecule has 0 bridgehead atoms. The van der Waals surface area contributed by atoms with Gasteiger partial charge in [0.1, 0.15) is 5.82 Å². The Balaban J connectivity index is 1.90.